The quantitative estimate of drug-likeness (QED) is 0.688. The Hall–Kier alpha value is -1.29. The summed E-state index contributed by atoms with van der Waals surface area (Å²) in [6, 6.07) is 3.20. The molecule has 0 spiro atoms. The van der Waals surface area contributed by atoms with Gasteiger partial charge in [0, 0.05) is 6.54 Å². The van der Waals surface area contributed by atoms with Gasteiger partial charge < -0.3 is 14.8 Å². The van der Waals surface area contributed by atoms with Crippen LogP contribution in [-0.4, -0.2) is 23.7 Å². The van der Waals surface area contributed by atoms with Crippen LogP contribution >= 0.6 is 0 Å². The van der Waals surface area contributed by atoms with Gasteiger partial charge in [-0.05, 0) is 19.1 Å². The van der Waals surface area contributed by atoms with E-state index in [4.69, 9.17) is 9.52 Å². The number of furan rings is 1. The van der Waals surface area contributed by atoms with Crippen molar-refractivity contribution in [1.29, 1.82) is 0 Å². The molecule has 0 bridgehead atoms. The summed E-state index contributed by atoms with van der Waals surface area (Å²) in [5, 5.41) is 11.4. The fourth-order valence-corrected chi connectivity index (χ4v) is 0.735. The maximum atomic E-state index is 11.1. The van der Waals surface area contributed by atoms with Crippen LogP contribution in [-0.2, 0) is 0 Å². The molecule has 0 aliphatic rings. The molecule has 0 unspecified atom stereocenters. The molecule has 0 saturated carbocycles. The number of carbonyl (C=O) groups is 1. The predicted octanol–water partition coefficient (Wildman–Crippen LogP) is 0.390. The molecule has 4 heteroatoms. The second-order valence-electron chi connectivity index (χ2n) is 2.54. The molecule has 1 aromatic heterocycles. The highest BCUT2D eigenvalue weighted by molar-refractivity contribution is 5.91. The molecule has 0 radical (unpaired) electrons. The van der Waals surface area contributed by atoms with Gasteiger partial charge >= 0.3 is 0 Å². The Morgan fingerprint density at radius 1 is 1.83 bits per heavy atom. The highest BCUT2D eigenvalue weighted by atomic mass is 16.3. The average molecular weight is 169 g/mol. The van der Waals surface area contributed by atoms with Gasteiger partial charge in [-0.15, -0.1) is 0 Å². The third kappa shape index (κ3) is 2.39. The lowest BCUT2D eigenvalue weighted by Crippen LogP contribution is -2.30. The number of hydrogen-bond donors (Lipinski definition) is 2. The Kier molecular flexibility index (Phi) is 2.88. The predicted molar refractivity (Wildman–Crippen MR) is 42.7 cm³/mol. The van der Waals surface area contributed by atoms with Crippen LogP contribution < -0.4 is 5.32 Å². The summed E-state index contributed by atoms with van der Waals surface area (Å²) >= 11 is 0. The molecule has 1 heterocycles. The Balaban J connectivity index is 2.40. The van der Waals surface area contributed by atoms with Crippen molar-refractivity contribution in [1.82, 2.24) is 5.32 Å². The number of nitrogens with one attached hydrogen (secondary N) is 1. The number of rotatable bonds is 3. The normalized spacial score (nSPS) is 12.5. The first-order valence-corrected chi connectivity index (χ1v) is 3.70. The molecule has 2 N–H and O–H groups in total. The van der Waals surface area contributed by atoms with Crippen molar-refractivity contribution >= 4 is 5.91 Å². The second-order valence-corrected chi connectivity index (χ2v) is 2.54. The molecule has 0 saturated heterocycles. The van der Waals surface area contributed by atoms with E-state index in [0.717, 1.165) is 0 Å². The average Bonchev–Trinajstić information content (AvgIpc) is 2.51. The fourth-order valence-electron chi connectivity index (χ4n) is 0.735. The highest BCUT2D eigenvalue weighted by Crippen LogP contribution is 1.98. The van der Waals surface area contributed by atoms with Crippen molar-refractivity contribution in [2.75, 3.05) is 6.54 Å². The van der Waals surface area contributed by atoms with Crippen LogP contribution in [0.3, 0.4) is 0 Å². The monoisotopic (exact) mass is 169 g/mol. The van der Waals surface area contributed by atoms with Crippen LogP contribution in [0.1, 0.15) is 17.5 Å². The largest absolute Gasteiger partial charge is 0.459 e. The lowest BCUT2D eigenvalue weighted by Gasteiger charge is -2.04. The van der Waals surface area contributed by atoms with E-state index in [1.165, 1.54) is 6.26 Å². The van der Waals surface area contributed by atoms with E-state index >= 15 is 0 Å². The highest BCUT2D eigenvalue weighted by Gasteiger charge is 2.07. The summed E-state index contributed by atoms with van der Waals surface area (Å²) in [4.78, 5) is 11.1. The molecule has 1 atom stereocenters. The van der Waals surface area contributed by atoms with Crippen LogP contribution in [0.5, 0.6) is 0 Å². The first-order chi connectivity index (χ1) is 5.70. The molecule has 0 aliphatic heterocycles. The Labute approximate surface area is 70.2 Å². The number of aliphatic hydroxyl groups excluding tert-OH is 1. The second kappa shape index (κ2) is 3.92. The minimum atomic E-state index is -0.538. The minimum absolute atomic E-state index is 0.236. The molecule has 0 aromatic carbocycles. The SMILES string of the molecule is C[C@H](O)CNC(=O)c1ccco1. The number of carbonyl (C=O) groups excluding carboxylic acids is 1. The summed E-state index contributed by atoms with van der Waals surface area (Å²) in [5.74, 6) is -0.0449. The van der Waals surface area contributed by atoms with Crippen molar-refractivity contribution in [2.45, 2.75) is 13.0 Å². The van der Waals surface area contributed by atoms with E-state index in [1.54, 1.807) is 19.1 Å². The van der Waals surface area contributed by atoms with Gasteiger partial charge in [0.25, 0.3) is 5.91 Å². The van der Waals surface area contributed by atoms with E-state index < -0.39 is 6.10 Å². The summed E-state index contributed by atoms with van der Waals surface area (Å²) in [6.45, 7) is 1.84. The van der Waals surface area contributed by atoms with Gasteiger partial charge in [-0.2, -0.15) is 0 Å². The standard InChI is InChI=1S/C8H11NO3/c1-6(10)5-9-8(11)7-3-2-4-12-7/h2-4,6,10H,5H2,1H3,(H,9,11)/t6-/m0/s1. The van der Waals surface area contributed by atoms with Crippen molar-refractivity contribution < 1.29 is 14.3 Å². The topological polar surface area (TPSA) is 62.5 Å². The molecule has 1 rings (SSSR count). The zero-order chi connectivity index (χ0) is 8.97. The van der Waals surface area contributed by atoms with Crippen LogP contribution in [0, 0.1) is 0 Å². The maximum Gasteiger partial charge on any atom is 0.287 e. The molecule has 1 aromatic rings. The molecule has 4 nitrogen and oxygen atoms in total. The van der Waals surface area contributed by atoms with Crippen molar-refractivity contribution in [3.8, 4) is 0 Å². The van der Waals surface area contributed by atoms with E-state index in [1.807, 2.05) is 0 Å². The van der Waals surface area contributed by atoms with E-state index in [-0.39, 0.29) is 18.2 Å². The van der Waals surface area contributed by atoms with Gasteiger partial charge in [-0.25, -0.2) is 0 Å². The molecule has 1 amide bonds. The molecule has 0 fully saturated rings. The van der Waals surface area contributed by atoms with E-state index in [0.29, 0.717) is 0 Å². The number of aliphatic hydroxyl groups is 1. The number of hydrogen-bond acceptors (Lipinski definition) is 3. The van der Waals surface area contributed by atoms with E-state index in [2.05, 4.69) is 5.32 Å². The van der Waals surface area contributed by atoms with Gasteiger partial charge in [-0.3, -0.25) is 4.79 Å². The Morgan fingerprint density at radius 2 is 2.58 bits per heavy atom. The lowest BCUT2D eigenvalue weighted by molar-refractivity contribution is 0.0896. The number of amides is 1. The van der Waals surface area contributed by atoms with Crippen LogP contribution in [0.4, 0.5) is 0 Å². The smallest absolute Gasteiger partial charge is 0.287 e. The van der Waals surface area contributed by atoms with Gasteiger partial charge in [0.1, 0.15) is 0 Å². The van der Waals surface area contributed by atoms with E-state index in [9.17, 15) is 4.79 Å². The zero-order valence-corrected chi connectivity index (χ0v) is 6.78. The Morgan fingerprint density at radius 3 is 3.08 bits per heavy atom. The molecular weight excluding hydrogens is 158 g/mol. The van der Waals surface area contributed by atoms with Crippen LogP contribution in [0.2, 0.25) is 0 Å². The fraction of sp³-hybridized carbons (Fsp3) is 0.375. The molecular formula is C8H11NO3. The first-order valence-electron chi connectivity index (χ1n) is 3.70. The first kappa shape index (κ1) is 8.80. The summed E-state index contributed by atoms with van der Waals surface area (Å²) in [7, 11) is 0. The summed E-state index contributed by atoms with van der Waals surface area (Å²) in [6.07, 6.45) is 0.890. The van der Waals surface area contributed by atoms with Gasteiger partial charge in [0.15, 0.2) is 5.76 Å². The summed E-state index contributed by atoms with van der Waals surface area (Å²) in [5.41, 5.74) is 0. The van der Waals surface area contributed by atoms with Gasteiger partial charge in [0.2, 0.25) is 0 Å². The molecule has 12 heavy (non-hydrogen) atoms. The summed E-state index contributed by atoms with van der Waals surface area (Å²) < 4.78 is 4.83. The maximum absolute atomic E-state index is 11.1. The zero-order valence-electron chi connectivity index (χ0n) is 6.78. The van der Waals surface area contributed by atoms with Crippen LogP contribution in [0.25, 0.3) is 0 Å². The van der Waals surface area contributed by atoms with Gasteiger partial charge in [0.05, 0.1) is 12.4 Å². The Bertz CT molecular complexity index is 241. The molecule has 0 aliphatic carbocycles. The lowest BCUT2D eigenvalue weighted by atomic mass is 10.4. The van der Waals surface area contributed by atoms with Crippen molar-refractivity contribution in [2.24, 2.45) is 0 Å². The third-order valence-corrected chi connectivity index (χ3v) is 1.30. The van der Waals surface area contributed by atoms with Crippen LogP contribution in [0.15, 0.2) is 22.8 Å². The molecule has 66 valence electrons. The third-order valence-electron chi connectivity index (χ3n) is 1.30. The minimum Gasteiger partial charge on any atom is -0.459 e. The van der Waals surface area contributed by atoms with Crippen molar-refractivity contribution in [3.05, 3.63) is 24.2 Å². The van der Waals surface area contributed by atoms with Gasteiger partial charge in [-0.1, -0.05) is 0 Å². The van der Waals surface area contributed by atoms with Crippen molar-refractivity contribution in [3.63, 3.8) is 0 Å².